The van der Waals surface area contributed by atoms with Crippen molar-refractivity contribution in [3.63, 3.8) is 0 Å². The monoisotopic (exact) mass is 355 g/mol. The fourth-order valence-electron chi connectivity index (χ4n) is 3.50. The van der Waals surface area contributed by atoms with Crippen molar-refractivity contribution < 1.29 is 18.9 Å². The molecule has 0 bridgehead atoms. The number of quaternary nitrogens is 1. The van der Waals surface area contributed by atoms with Gasteiger partial charge in [0.05, 0.1) is 30.6 Å². The molecule has 1 aliphatic heterocycles. The summed E-state index contributed by atoms with van der Waals surface area (Å²) in [7, 11) is 2.18. The third-order valence-corrected chi connectivity index (χ3v) is 4.97. The van der Waals surface area contributed by atoms with E-state index in [-0.39, 0.29) is 17.4 Å². The van der Waals surface area contributed by atoms with E-state index in [0.717, 1.165) is 23.1 Å². The lowest BCUT2D eigenvalue weighted by Crippen LogP contribution is -2.44. The van der Waals surface area contributed by atoms with E-state index < -0.39 is 10.9 Å². The Morgan fingerprint density at radius 2 is 1.85 bits per heavy atom. The summed E-state index contributed by atoms with van der Waals surface area (Å²) in [6, 6.07) is 15.3. The van der Waals surface area contributed by atoms with E-state index in [1.54, 1.807) is 6.07 Å². The van der Waals surface area contributed by atoms with Crippen molar-refractivity contribution in [3.8, 4) is 0 Å². The molecule has 2 aromatic carbocycles. The maximum absolute atomic E-state index is 12.6. The molecule has 0 saturated carbocycles. The number of carbonyl (C=O) groups excluding carboxylic acids is 1. The van der Waals surface area contributed by atoms with Gasteiger partial charge in [-0.1, -0.05) is 36.4 Å². The lowest BCUT2D eigenvalue weighted by atomic mass is 10.1. The van der Waals surface area contributed by atoms with Gasteiger partial charge in [0.15, 0.2) is 6.10 Å². The summed E-state index contributed by atoms with van der Waals surface area (Å²) >= 11 is 0. The van der Waals surface area contributed by atoms with Gasteiger partial charge in [0.1, 0.15) is 6.54 Å². The average Bonchev–Trinajstić information content (AvgIpc) is 3.08. The van der Waals surface area contributed by atoms with E-state index in [4.69, 9.17) is 4.74 Å². The Balaban J connectivity index is 1.82. The zero-order chi connectivity index (χ0) is 18.6. The Hall–Kier alpha value is -2.73. The number of esters is 1. The maximum Gasteiger partial charge on any atom is 0.339 e. The average molecular weight is 355 g/mol. The Bertz CT molecular complexity index is 785. The van der Waals surface area contributed by atoms with E-state index in [2.05, 4.69) is 7.05 Å². The third kappa shape index (κ3) is 4.26. The van der Waals surface area contributed by atoms with Crippen LogP contribution in [0.15, 0.2) is 54.6 Å². The van der Waals surface area contributed by atoms with E-state index in [0.29, 0.717) is 6.54 Å². The van der Waals surface area contributed by atoms with Crippen LogP contribution in [0.1, 0.15) is 34.9 Å². The first-order chi connectivity index (χ1) is 12.5. The summed E-state index contributed by atoms with van der Waals surface area (Å²) < 4.78 is 6.67. The molecule has 6 heteroatoms. The number of ether oxygens (including phenoxy) is 1. The smallest absolute Gasteiger partial charge is 0.339 e. The van der Waals surface area contributed by atoms with Crippen LogP contribution < -0.4 is 0 Å². The predicted octanol–water partition coefficient (Wildman–Crippen LogP) is 3.73. The molecule has 136 valence electrons. The van der Waals surface area contributed by atoms with E-state index in [9.17, 15) is 14.9 Å². The molecule has 0 amide bonds. The van der Waals surface area contributed by atoms with Crippen LogP contribution in [-0.2, 0) is 4.74 Å². The first kappa shape index (κ1) is 18.1. The summed E-state index contributed by atoms with van der Waals surface area (Å²) in [5.41, 5.74) is 1.02. The summed E-state index contributed by atoms with van der Waals surface area (Å²) in [4.78, 5) is 23.1. The van der Waals surface area contributed by atoms with Gasteiger partial charge < -0.3 is 9.22 Å². The molecular weight excluding hydrogens is 332 g/mol. The van der Waals surface area contributed by atoms with Crippen LogP contribution in [0.2, 0.25) is 0 Å². The van der Waals surface area contributed by atoms with Crippen LogP contribution in [0.25, 0.3) is 0 Å². The topological polar surface area (TPSA) is 69.4 Å². The highest BCUT2D eigenvalue weighted by Crippen LogP contribution is 2.27. The summed E-state index contributed by atoms with van der Waals surface area (Å²) in [6.07, 6.45) is 1.97. The molecule has 3 rings (SSSR count). The van der Waals surface area contributed by atoms with Crippen molar-refractivity contribution in [2.45, 2.75) is 18.9 Å². The van der Waals surface area contributed by atoms with E-state index >= 15 is 0 Å². The van der Waals surface area contributed by atoms with Gasteiger partial charge in [-0.25, -0.2) is 4.79 Å². The minimum atomic E-state index is -0.534. The number of nitrogens with zero attached hydrogens (tertiary/aromatic N) is 2. The van der Waals surface area contributed by atoms with Crippen molar-refractivity contribution in [2.24, 2.45) is 0 Å². The van der Waals surface area contributed by atoms with E-state index in [1.807, 2.05) is 30.3 Å². The Labute approximate surface area is 152 Å². The quantitative estimate of drug-likeness (QED) is 0.343. The number of carbonyl (C=O) groups is 1. The maximum atomic E-state index is 12.6. The number of rotatable bonds is 6. The van der Waals surface area contributed by atoms with Gasteiger partial charge in [0.25, 0.3) is 5.69 Å². The molecule has 1 aliphatic rings. The number of non-ortho nitro benzene ring substituents is 1. The first-order valence-electron chi connectivity index (χ1n) is 8.81. The standard InChI is InChI=1S/C20H23N2O4/c1-22(12-5-6-13-22)15-19(16-8-3-2-4-9-16)26-20(23)17-10-7-11-18(14-17)21(24)25/h2-4,7-11,14,19H,5-6,12-13,15H2,1H3/q+1. The minimum Gasteiger partial charge on any atom is -0.448 e. The molecule has 1 saturated heterocycles. The second-order valence-electron chi connectivity index (χ2n) is 7.07. The Morgan fingerprint density at radius 3 is 2.50 bits per heavy atom. The highest BCUT2D eigenvalue weighted by atomic mass is 16.6. The van der Waals surface area contributed by atoms with Gasteiger partial charge in [0, 0.05) is 25.0 Å². The fourth-order valence-corrected chi connectivity index (χ4v) is 3.50. The van der Waals surface area contributed by atoms with Crippen LogP contribution in [0.5, 0.6) is 0 Å². The van der Waals surface area contributed by atoms with Gasteiger partial charge >= 0.3 is 5.97 Å². The van der Waals surface area contributed by atoms with Crippen molar-refractivity contribution in [1.29, 1.82) is 0 Å². The number of likely N-dealkylation sites (tertiary alicyclic amines) is 1. The van der Waals surface area contributed by atoms with Crippen molar-refractivity contribution in [2.75, 3.05) is 26.7 Å². The van der Waals surface area contributed by atoms with Gasteiger partial charge in [-0.15, -0.1) is 0 Å². The molecule has 1 fully saturated rings. The number of nitro benzene ring substituents is 1. The predicted molar refractivity (Wildman–Crippen MR) is 97.7 cm³/mol. The minimum absolute atomic E-state index is 0.116. The second-order valence-corrected chi connectivity index (χ2v) is 7.07. The molecule has 2 aromatic rings. The fraction of sp³-hybridized carbons (Fsp3) is 0.350. The second kappa shape index (κ2) is 7.66. The van der Waals surface area contributed by atoms with Gasteiger partial charge in [-0.05, 0) is 11.6 Å². The number of likely N-dealkylation sites (N-methyl/N-ethyl adjacent to an activating group) is 1. The molecule has 0 spiro atoms. The molecule has 0 aromatic heterocycles. The van der Waals surface area contributed by atoms with Crippen LogP contribution in [0.4, 0.5) is 5.69 Å². The van der Waals surface area contributed by atoms with Gasteiger partial charge in [-0.2, -0.15) is 0 Å². The summed E-state index contributed by atoms with van der Waals surface area (Å²) in [5.74, 6) is -0.534. The largest absolute Gasteiger partial charge is 0.448 e. The Morgan fingerprint density at radius 1 is 1.15 bits per heavy atom. The van der Waals surface area contributed by atoms with Crippen molar-refractivity contribution >= 4 is 11.7 Å². The number of nitro groups is 1. The molecule has 0 aliphatic carbocycles. The number of hydrogen-bond donors (Lipinski definition) is 0. The number of hydrogen-bond acceptors (Lipinski definition) is 4. The van der Waals surface area contributed by atoms with Crippen LogP contribution in [0.3, 0.4) is 0 Å². The Kier molecular flexibility index (Phi) is 5.32. The third-order valence-electron chi connectivity index (χ3n) is 4.97. The van der Waals surface area contributed by atoms with Crippen molar-refractivity contribution in [1.82, 2.24) is 0 Å². The van der Waals surface area contributed by atoms with Crippen molar-refractivity contribution in [3.05, 3.63) is 75.8 Å². The molecule has 26 heavy (non-hydrogen) atoms. The highest BCUT2D eigenvalue weighted by Gasteiger charge is 2.33. The van der Waals surface area contributed by atoms with Crippen LogP contribution in [-0.4, -0.2) is 42.1 Å². The summed E-state index contributed by atoms with van der Waals surface area (Å²) in [6.45, 7) is 2.83. The van der Waals surface area contributed by atoms with E-state index in [1.165, 1.54) is 31.0 Å². The SMILES string of the molecule is C[N+]1(CC(OC(=O)c2cccc([N+](=O)[O-])c2)c2ccccc2)CCCC1. The zero-order valence-electron chi connectivity index (χ0n) is 14.8. The molecule has 1 heterocycles. The molecule has 6 nitrogen and oxygen atoms in total. The molecule has 0 N–H and O–H groups in total. The highest BCUT2D eigenvalue weighted by molar-refractivity contribution is 5.90. The number of benzene rings is 2. The molecule has 1 atom stereocenters. The summed E-state index contributed by atoms with van der Waals surface area (Å²) in [5, 5.41) is 10.9. The van der Waals surface area contributed by atoms with Crippen LogP contribution in [0, 0.1) is 10.1 Å². The normalized spacial score (nSPS) is 16.8. The van der Waals surface area contributed by atoms with Crippen LogP contribution >= 0.6 is 0 Å². The van der Waals surface area contributed by atoms with Gasteiger partial charge in [-0.3, -0.25) is 10.1 Å². The molecule has 1 unspecified atom stereocenters. The zero-order valence-corrected chi connectivity index (χ0v) is 14.8. The first-order valence-corrected chi connectivity index (χ1v) is 8.81. The molecular formula is C20H23N2O4+. The lowest BCUT2D eigenvalue weighted by Gasteiger charge is -2.33. The molecule has 0 radical (unpaired) electrons. The lowest BCUT2D eigenvalue weighted by molar-refractivity contribution is -0.901. The van der Waals surface area contributed by atoms with Gasteiger partial charge in [0.2, 0.25) is 0 Å².